The average molecular weight is 351 g/mol. The standard InChI is InChI=1S/C15H17N3O5S/c1-2-9-24(22,23)12-6-4-3-5-11(12)15(21)16-13-7-8-18(17-13)10-14(19)20/h3-8H,2,9-10H2,1H3,(H,19,20)(H,16,17,21). The van der Waals surface area contributed by atoms with Gasteiger partial charge in [0.2, 0.25) is 0 Å². The number of aromatic nitrogens is 2. The summed E-state index contributed by atoms with van der Waals surface area (Å²) in [5, 5.41) is 15.1. The predicted octanol–water partition coefficient (Wildman–Crippen LogP) is 1.40. The molecule has 24 heavy (non-hydrogen) atoms. The smallest absolute Gasteiger partial charge is 0.325 e. The molecule has 128 valence electrons. The van der Waals surface area contributed by atoms with E-state index in [4.69, 9.17) is 5.11 Å². The molecule has 0 spiro atoms. The van der Waals surface area contributed by atoms with Crippen molar-refractivity contribution in [2.45, 2.75) is 24.8 Å². The van der Waals surface area contributed by atoms with Crippen LogP contribution in [0.25, 0.3) is 0 Å². The highest BCUT2D eigenvalue weighted by Crippen LogP contribution is 2.19. The Hall–Kier alpha value is -2.68. The molecule has 0 atom stereocenters. The predicted molar refractivity (Wildman–Crippen MR) is 86.6 cm³/mol. The molecule has 0 saturated heterocycles. The van der Waals surface area contributed by atoms with Crippen LogP contribution < -0.4 is 5.32 Å². The van der Waals surface area contributed by atoms with Gasteiger partial charge in [0.25, 0.3) is 5.91 Å². The number of hydrogen-bond acceptors (Lipinski definition) is 5. The van der Waals surface area contributed by atoms with Crippen molar-refractivity contribution in [1.29, 1.82) is 0 Å². The highest BCUT2D eigenvalue weighted by atomic mass is 32.2. The second-order valence-electron chi connectivity index (χ2n) is 5.06. The summed E-state index contributed by atoms with van der Waals surface area (Å²) in [6.45, 7) is 1.41. The van der Waals surface area contributed by atoms with Crippen molar-refractivity contribution in [2.75, 3.05) is 11.1 Å². The highest BCUT2D eigenvalue weighted by Gasteiger charge is 2.21. The van der Waals surface area contributed by atoms with Crippen molar-refractivity contribution in [3.63, 3.8) is 0 Å². The maximum Gasteiger partial charge on any atom is 0.325 e. The Morgan fingerprint density at radius 3 is 2.62 bits per heavy atom. The van der Waals surface area contributed by atoms with Crippen LogP contribution in [0.15, 0.2) is 41.4 Å². The molecule has 1 heterocycles. The Kier molecular flexibility index (Phi) is 5.35. The van der Waals surface area contributed by atoms with E-state index < -0.39 is 21.7 Å². The SMILES string of the molecule is CCCS(=O)(=O)c1ccccc1C(=O)Nc1ccn(CC(=O)O)n1. The maximum atomic E-state index is 12.4. The normalized spacial score (nSPS) is 11.2. The van der Waals surface area contributed by atoms with Crippen molar-refractivity contribution in [1.82, 2.24) is 9.78 Å². The molecule has 0 radical (unpaired) electrons. The summed E-state index contributed by atoms with van der Waals surface area (Å²) in [5.74, 6) is -1.59. The van der Waals surface area contributed by atoms with Gasteiger partial charge in [-0.3, -0.25) is 14.3 Å². The monoisotopic (exact) mass is 351 g/mol. The number of nitrogens with zero attached hydrogens (tertiary/aromatic N) is 2. The summed E-state index contributed by atoms with van der Waals surface area (Å²) in [5.41, 5.74) is 0.0266. The molecule has 0 aliphatic carbocycles. The average Bonchev–Trinajstić information content (AvgIpc) is 2.93. The molecule has 1 aromatic carbocycles. The number of carboxylic acid groups (broad SMARTS) is 1. The fourth-order valence-corrected chi connectivity index (χ4v) is 3.68. The molecule has 0 aliphatic heterocycles. The van der Waals surface area contributed by atoms with Gasteiger partial charge in [-0.1, -0.05) is 19.1 Å². The molecule has 1 amide bonds. The van der Waals surface area contributed by atoms with Crippen LogP contribution in [0.3, 0.4) is 0 Å². The number of carbonyl (C=O) groups is 2. The molecular formula is C15H17N3O5S. The minimum absolute atomic E-state index is 0.0266. The molecular weight excluding hydrogens is 334 g/mol. The summed E-state index contributed by atoms with van der Waals surface area (Å²) in [4.78, 5) is 23.0. The molecule has 0 aliphatic rings. The lowest BCUT2D eigenvalue weighted by Crippen LogP contribution is -2.18. The van der Waals surface area contributed by atoms with Gasteiger partial charge in [0, 0.05) is 12.3 Å². The number of aliphatic carboxylic acids is 1. The lowest BCUT2D eigenvalue weighted by Gasteiger charge is -2.09. The fourth-order valence-electron chi connectivity index (χ4n) is 2.14. The number of carbonyl (C=O) groups excluding carboxylic acids is 1. The lowest BCUT2D eigenvalue weighted by molar-refractivity contribution is -0.137. The highest BCUT2D eigenvalue weighted by molar-refractivity contribution is 7.91. The first kappa shape index (κ1) is 17.7. The van der Waals surface area contributed by atoms with Crippen LogP contribution in [-0.2, 0) is 21.2 Å². The maximum absolute atomic E-state index is 12.4. The molecule has 0 bridgehead atoms. The summed E-state index contributed by atoms with van der Waals surface area (Å²) in [6, 6.07) is 7.38. The Balaban J connectivity index is 2.25. The van der Waals surface area contributed by atoms with E-state index in [9.17, 15) is 18.0 Å². The van der Waals surface area contributed by atoms with Crippen LogP contribution in [0, 0.1) is 0 Å². The summed E-state index contributed by atoms with van der Waals surface area (Å²) >= 11 is 0. The van der Waals surface area contributed by atoms with Crippen molar-refractivity contribution in [3.05, 3.63) is 42.1 Å². The molecule has 2 rings (SSSR count). The van der Waals surface area contributed by atoms with Gasteiger partial charge in [0.15, 0.2) is 15.7 Å². The van der Waals surface area contributed by atoms with Crippen LogP contribution in [0.5, 0.6) is 0 Å². The van der Waals surface area contributed by atoms with E-state index in [1.807, 2.05) is 0 Å². The van der Waals surface area contributed by atoms with Gasteiger partial charge in [-0.05, 0) is 18.6 Å². The Morgan fingerprint density at radius 2 is 1.96 bits per heavy atom. The fraction of sp³-hybridized carbons (Fsp3) is 0.267. The minimum Gasteiger partial charge on any atom is -0.480 e. The zero-order chi connectivity index (χ0) is 17.7. The van der Waals surface area contributed by atoms with E-state index in [-0.39, 0.29) is 28.6 Å². The van der Waals surface area contributed by atoms with Gasteiger partial charge >= 0.3 is 5.97 Å². The Bertz CT molecular complexity index is 857. The molecule has 9 heteroatoms. The van der Waals surface area contributed by atoms with E-state index in [1.165, 1.54) is 24.4 Å². The molecule has 0 fully saturated rings. The third-order valence-corrected chi connectivity index (χ3v) is 5.09. The van der Waals surface area contributed by atoms with Gasteiger partial charge in [-0.25, -0.2) is 8.42 Å². The van der Waals surface area contributed by atoms with Gasteiger partial charge in [-0.15, -0.1) is 0 Å². The van der Waals surface area contributed by atoms with E-state index in [0.29, 0.717) is 6.42 Å². The van der Waals surface area contributed by atoms with Crippen LogP contribution in [0.4, 0.5) is 5.82 Å². The largest absolute Gasteiger partial charge is 0.480 e. The van der Waals surface area contributed by atoms with Crippen LogP contribution >= 0.6 is 0 Å². The first-order valence-corrected chi connectivity index (χ1v) is 8.87. The molecule has 2 N–H and O–H groups in total. The van der Waals surface area contributed by atoms with Crippen molar-refractivity contribution >= 4 is 27.5 Å². The van der Waals surface area contributed by atoms with E-state index in [2.05, 4.69) is 10.4 Å². The van der Waals surface area contributed by atoms with Crippen molar-refractivity contribution in [3.8, 4) is 0 Å². The first-order valence-electron chi connectivity index (χ1n) is 7.22. The van der Waals surface area contributed by atoms with E-state index in [1.54, 1.807) is 19.1 Å². The zero-order valence-electron chi connectivity index (χ0n) is 13.0. The topological polar surface area (TPSA) is 118 Å². The third kappa shape index (κ3) is 4.19. The molecule has 0 unspecified atom stereocenters. The quantitative estimate of drug-likeness (QED) is 0.778. The van der Waals surface area contributed by atoms with Crippen LogP contribution in [0.2, 0.25) is 0 Å². The first-order chi connectivity index (χ1) is 11.3. The minimum atomic E-state index is -3.55. The number of benzene rings is 1. The van der Waals surface area contributed by atoms with Gasteiger partial charge in [0.05, 0.1) is 16.2 Å². The van der Waals surface area contributed by atoms with Gasteiger partial charge in [0.1, 0.15) is 6.54 Å². The number of carboxylic acids is 1. The molecule has 8 nitrogen and oxygen atoms in total. The second kappa shape index (κ2) is 7.26. The van der Waals surface area contributed by atoms with E-state index in [0.717, 1.165) is 4.68 Å². The van der Waals surface area contributed by atoms with Crippen molar-refractivity contribution < 1.29 is 23.1 Å². The molecule has 2 aromatic rings. The summed E-state index contributed by atoms with van der Waals surface area (Å²) in [6.07, 6.45) is 1.85. The van der Waals surface area contributed by atoms with Crippen LogP contribution in [-0.4, -0.2) is 40.9 Å². The summed E-state index contributed by atoms with van der Waals surface area (Å²) < 4.78 is 25.7. The van der Waals surface area contributed by atoms with E-state index >= 15 is 0 Å². The number of nitrogens with one attached hydrogen (secondary N) is 1. The number of amides is 1. The Labute approximate surface area is 139 Å². The zero-order valence-corrected chi connectivity index (χ0v) is 13.8. The lowest BCUT2D eigenvalue weighted by atomic mass is 10.2. The summed E-state index contributed by atoms with van der Waals surface area (Å²) in [7, 11) is -3.55. The van der Waals surface area contributed by atoms with Gasteiger partial charge in [-0.2, -0.15) is 5.10 Å². The number of rotatable bonds is 7. The van der Waals surface area contributed by atoms with Gasteiger partial charge < -0.3 is 10.4 Å². The number of anilines is 1. The Morgan fingerprint density at radius 1 is 1.25 bits per heavy atom. The second-order valence-corrected chi connectivity index (χ2v) is 7.14. The number of sulfone groups is 1. The number of hydrogen-bond donors (Lipinski definition) is 2. The third-order valence-electron chi connectivity index (χ3n) is 3.12. The molecule has 0 saturated carbocycles. The molecule has 1 aromatic heterocycles. The van der Waals surface area contributed by atoms with Crippen molar-refractivity contribution in [2.24, 2.45) is 0 Å². The van der Waals surface area contributed by atoms with Crippen LogP contribution in [0.1, 0.15) is 23.7 Å².